The molecule has 0 bridgehead atoms. The third-order valence-corrected chi connectivity index (χ3v) is 2.09. The van der Waals surface area contributed by atoms with Crippen LogP contribution in [0.4, 0.5) is 0 Å². The number of Topliss-reactive ketones (excluding diaryl/α,β-unsaturated/α-hetero) is 1. The van der Waals surface area contributed by atoms with Crippen molar-refractivity contribution in [3.63, 3.8) is 0 Å². The van der Waals surface area contributed by atoms with E-state index in [0.29, 0.717) is 5.56 Å². The molecule has 0 radical (unpaired) electrons. The first-order chi connectivity index (χ1) is 5.74. The zero-order valence-electron chi connectivity index (χ0n) is 6.16. The van der Waals surface area contributed by atoms with E-state index in [-0.39, 0.29) is 12.3 Å². The highest BCUT2D eigenvalue weighted by Gasteiger charge is 2.03. The summed E-state index contributed by atoms with van der Waals surface area (Å²) >= 11 is 2.14. The van der Waals surface area contributed by atoms with Gasteiger partial charge in [0.2, 0.25) is 0 Å². The summed E-state index contributed by atoms with van der Waals surface area (Å²) in [6.07, 6.45) is 0. The van der Waals surface area contributed by atoms with E-state index in [4.69, 9.17) is 0 Å². The second-order valence-electron chi connectivity index (χ2n) is 2.22. The van der Waals surface area contributed by atoms with E-state index in [9.17, 15) is 9.70 Å². The molecule has 0 aliphatic rings. The molecule has 4 heteroatoms. The topological polar surface area (TPSA) is 46.5 Å². The van der Waals surface area contributed by atoms with Gasteiger partial charge in [-0.1, -0.05) is 17.3 Å². The summed E-state index contributed by atoms with van der Waals surface area (Å²) in [5.41, 5.74) is 0.537. The van der Waals surface area contributed by atoms with Crippen molar-refractivity contribution in [3.05, 3.63) is 38.3 Å². The van der Waals surface area contributed by atoms with Crippen LogP contribution in [0, 0.1) is 8.48 Å². The summed E-state index contributed by atoms with van der Waals surface area (Å²) in [4.78, 5) is 20.8. The molecule has 0 spiro atoms. The maximum atomic E-state index is 11.1. The number of carbonyl (C=O) groups is 1. The number of nitroso groups, excluding NO2 is 1. The summed E-state index contributed by atoms with van der Waals surface area (Å²) < 4.78 is 1.06. The summed E-state index contributed by atoms with van der Waals surface area (Å²) in [5.74, 6) is -0.235. The van der Waals surface area contributed by atoms with Crippen LogP contribution < -0.4 is 0 Å². The fourth-order valence-corrected chi connectivity index (χ4v) is 1.15. The van der Waals surface area contributed by atoms with Gasteiger partial charge in [-0.2, -0.15) is 4.91 Å². The molecule has 0 aliphatic carbocycles. The Labute approximate surface area is 83.3 Å². The lowest BCUT2D eigenvalue weighted by Gasteiger charge is -1.95. The standard InChI is InChI=1S/C8H6INO2/c9-7-3-1-6(2-4-7)8(11)5-10-12/h1-4H,5H2. The molecule has 1 aromatic rings. The van der Waals surface area contributed by atoms with Gasteiger partial charge in [-0.3, -0.25) is 4.79 Å². The quantitative estimate of drug-likeness (QED) is 0.482. The van der Waals surface area contributed by atoms with E-state index < -0.39 is 0 Å². The van der Waals surface area contributed by atoms with Gasteiger partial charge in [-0.15, -0.1) is 0 Å². The van der Waals surface area contributed by atoms with E-state index in [1.165, 1.54) is 0 Å². The van der Waals surface area contributed by atoms with Gasteiger partial charge in [0.1, 0.15) is 6.54 Å². The SMILES string of the molecule is O=NCC(=O)c1ccc(I)cc1. The van der Waals surface area contributed by atoms with E-state index in [1.807, 2.05) is 12.1 Å². The molecule has 1 rings (SSSR count). The van der Waals surface area contributed by atoms with Crippen molar-refractivity contribution in [1.82, 2.24) is 0 Å². The molecule has 0 N–H and O–H groups in total. The molecule has 0 heterocycles. The van der Waals surface area contributed by atoms with Crippen LogP contribution >= 0.6 is 22.6 Å². The van der Waals surface area contributed by atoms with Gasteiger partial charge in [0, 0.05) is 9.13 Å². The van der Waals surface area contributed by atoms with E-state index in [1.54, 1.807) is 12.1 Å². The van der Waals surface area contributed by atoms with Gasteiger partial charge in [-0.25, -0.2) is 0 Å². The maximum Gasteiger partial charge on any atom is 0.187 e. The molecule has 0 fully saturated rings. The lowest BCUT2D eigenvalue weighted by atomic mass is 10.1. The second kappa shape index (κ2) is 4.30. The molecule has 0 amide bonds. The van der Waals surface area contributed by atoms with Gasteiger partial charge < -0.3 is 0 Å². The minimum absolute atomic E-state index is 0.235. The highest BCUT2D eigenvalue weighted by molar-refractivity contribution is 14.1. The smallest absolute Gasteiger partial charge is 0.187 e. The lowest BCUT2D eigenvalue weighted by Crippen LogP contribution is -2.01. The largest absolute Gasteiger partial charge is 0.292 e. The first-order valence-electron chi connectivity index (χ1n) is 3.32. The Kier molecular flexibility index (Phi) is 3.33. The third-order valence-electron chi connectivity index (χ3n) is 1.37. The first kappa shape index (κ1) is 9.31. The van der Waals surface area contributed by atoms with Gasteiger partial charge in [0.15, 0.2) is 5.78 Å². The van der Waals surface area contributed by atoms with E-state index in [0.717, 1.165) is 3.57 Å². The van der Waals surface area contributed by atoms with Gasteiger partial charge >= 0.3 is 0 Å². The van der Waals surface area contributed by atoms with Crippen molar-refractivity contribution in [2.75, 3.05) is 6.54 Å². The highest BCUT2D eigenvalue weighted by Crippen LogP contribution is 2.07. The van der Waals surface area contributed by atoms with Crippen LogP contribution in [-0.4, -0.2) is 12.3 Å². The first-order valence-corrected chi connectivity index (χ1v) is 4.40. The zero-order valence-corrected chi connectivity index (χ0v) is 8.32. The summed E-state index contributed by atoms with van der Waals surface area (Å²) in [5, 5.41) is 2.53. The van der Waals surface area contributed by atoms with Gasteiger partial charge in [0.25, 0.3) is 0 Å². The van der Waals surface area contributed by atoms with Crippen molar-refractivity contribution >= 4 is 28.4 Å². The fraction of sp³-hybridized carbons (Fsp3) is 0.125. The van der Waals surface area contributed by atoms with Crippen LogP contribution in [0.1, 0.15) is 10.4 Å². The molecule has 0 saturated carbocycles. The number of benzene rings is 1. The monoisotopic (exact) mass is 275 g/mol. The molecule has 0 aromatic heterocycles. The summed E-state index contributed by atoms with van der Waals surface area (Å²) in [6, 6.07) is 7.02. The molecule has 12 heavy (non-hydrogen) atoms. The van der Waals surface area contributed by atoms with E-state index >= 15 is 0 Å². The molecular weight excluding hydrogens is 269 g/mol. The Morgan fingerprint density at radius 3 is 2.42 bits per heavy atom. The Balaban J connectivity index is 2.82. The number of hydrogen-bond acceptors (Lipinski definition) is 3. The number of hydrogen-bond donors (Lipinski definition) is 0. The molecular formula is C8H6INO2. The zero-order chi connectivity index (χ0) is 8.97. The second-order valence-corrected chi connectivity index (χ2v) is 3.46. The Bertz CT molecular complexity index is 294. The fourth-order valence-electron chi connectivity index (χ4n) is 0.786. The molecule has 0 aliphatic heterocycles. The van der Waals surface area contributed by atoms with Crippen molar-refractivity contribution in [1.29, 1.82) is 0 Å². The minimum Gasteiger partial charge on any atom is -0.292 e. The van der Waals surface area contributed by atoms with Crippen LogP contribution in [0.25, 0.3) is 0 Å². The lowest BCUT2D eigenvalue weighted by molar-refractivity contribution is 0.100. The molecule has 3 nitrogen and oxygen atoms in total. The third kappa shape index (κ3) is 2.37. The van der Waals surface area contributed by atoms with Crippen LogP contribution in [0.2, 0.25) is 0 Å². The van der Waals surface area contributed by atoms with Crippen LogP contribution in [0.3, 0.4) is 0 Å². The highest BCUT2D eigenvalue weighted by atomic mass is 127. The minimum atomic E-state index is -0.277. The summed E-state index contributed by atoms with van der Waals surface area (Å²) in [6.45, 7) is -0.277. The predicted molar refractivity (Wildman–Crippen MR) is 54.2 cm³/mol. The van der Waals surface area contributed by atoms with Crippen molar-refractivity contribution in [2.45, 2.75) is 0 Å². The predicted octanol–water partition coefficient (Wildman–Crippen LogP) is 2.24. The normalized spacial score (nSPS) is 9.42. The Morgan fingerprint density at radius 2 is 1.92 bits per heavy atom. The van der Waals surface area contributed by atoms with Gasteiger partial charge in [-0.05, 0) is 34.7 Å². The van der Waals surface area contributed by atoms with Crippen LogP contribution in [-0.2, 0) is 0 Å². The molecule has 1 aromatic carbocycles. The average molecular weight is 275 g/mol. The number of carbonyl (C=O) groups excluding carboxylic acids is 1. The maximum absolute atomic E-state index is 11.1. The van der Waals surface area contributed by atoms with E-state index in [2.05, 4.69) is 27.8 Å². The van der Waals surface area contributed by atoms with Crippen molar-refractivity contribution < 1.29 is 4.79 Å². The van der Waals surface area contributed by atoms with Crippen molar-refractivity contribution in [3.8, 4) is 0 Å². The Hall–Kier alpha value is -0.780. The number of nitrogens with zero attached hydrogens (tertiary/aromatic N) is 1. The number of rotatable bonds is 3. The number of halogens is 1. The number of ketones is 1. The van der Waals surface area contributed by atoms with Crippen LogP contribution in [0.15, 0.2) is 29.4 Å². The average Bonchev–Trinajstić information content (AvgIpc) is 2.06. The van der Waals surface area contributed by atoms with Crippen molar-refractivity contribution in [2.24, 2.45) is 5.18 Å². The molecule has 62 valence electrons. The van der Waals surface area contributed by atoms with Gasteiger partial charge in [0.05, 0.1) is 0 Å². The Morgan fingerprint density at radius 1 is 1.33 bits per heavy atom. The molecule has 0 saturated heterocycles. The summed E-state index contributed by atoms with van der Waals surface area (Å²) in [7, 11) is 0. The molecule has 0 atom stereocenters. The molecule has 0 unspecified atom stereocenters. The van der Waals surface area contributed by atoms with Crippen LogP contribution in [0.5, 0.6) is 0 Å².